The molecule has 11 heteroatoms. The number of nitrogens with two attached hydrogens (primary N) is 2. The summed E-state index contributed by atoms with van der Waals surface area (Å²) in [4.78, 5) is 16.6. The summed E-state index contributed by atoms with van der Waals surface area (Å²) in [6.07, 6.45) is 2.59. The lowest BCUT2D eigenvalue weighted by Crippen LogP contribution is -2.36. The van der Waals surface area contributed by atoms with Gasteiger partial charge in [0.15, 0.2) is 5.69 Å². The van der Waals surface area contributed by atoms with Crippen molar-refractivity contribution < 1.29 is 22.0 Å². The first-order valence-corrected chi connectivity index (χ1v) is 9.76. The van der Waals surface area contributed by atoms with Crippen LogP contribution < -0.4 is 16.4 Å². The maximum atomic E-state index is 13.0. The molecule has 1 amide bonds. The molecule has 1 aliphatic heterocycles. The molecule has 0 radical (unpaired) electrons. The summed E-state index contributed by atoms with van der Waals surface area (Å²) in [5.41, 5.74) is 11.4. The maximum Gasteiger partial charge on any atom is 0.341 e. The highest BCUT2D eigenvalue weighted by atomic mass is 32.2. The van der Waals surface area contributed by atoms with Crippen LogP contribution in [0.25, 0.3) is 0 Å². The van der Waals surface area contributed by atoms with Gasteiger partial charge in [-0.2, -0.15) is 8.78 Å². The number of carbonyl (C=O) groups is 1. The van der Waals surface area contributed by atoms with Gasteiger partial charge in [-0.3, -0.25) is 4.79 Å². The molecule has 3 rings (SSSR count). The summed E-state index contributed by atoms with van der Waals surface area (Å²) in [5, 5.41) is 0. The number of benzene rings is 1. The molecule has 1 aromatic heterocycles. The van der Waals surface area contributed by atoms with Crippen LogP contribution in [0.5, 0.6) is 0 Å². The van der Waals surface area contributed by atoms with E-state index in [0.717, 1.165) is 0 Å². The average Bonchev–Trinajstić information content (AvgIpc) is 3.03. The lowest BCUT2D eigenvalue weighted by atomic mass is 10.0. The summed E-state index contributed by atoms with van der Waals surface area (Å²) >= 11 is 0. The van der Waals surface area contributed by atoms with Crippen LogP contribution in [0, 0.1) is 0 Å². The number of nitrogens with zero attached hydrogens (tertiary/aromatic N) is 3. The Labute approximate surface area is 154 Å². The van der Waals surface area contributed by atoms with Gasteiger partial charge >= 0.3 is 5.76 Å². The van der Waals surface area contributed by atoms with Gasteiger partial charge in [0.05, 0.1) is 16.9 Å². The predicted octanol–water partition coefficient (Wildman–Crippen LogP) is 1.40. The number of hydrogen-bond donors (Lipinski definition) is 2. The van der Waals surface area contributed by atoms with Gasteiger partial charge in [-0.05, 0) is 25.0 Å². The van der Waals surface area contributed by atoms with Crippen LogP contribution in [0.3, 0.4) is 0 Å². The third-order valence-corrected chi connectivity index (χ3v) is 6.10. The summed E-state index contributed by atoms with van der Waals surface area (Å²) in [6, 6.07) is 5.69. The predicted molar refractivity (Wildman–Crippen MR) is 95.3 cm³/mol. The Bertz CT molecular complexity index is 953. The summed E-state index contributed by atoms with van der Waals surface area (Å²) in [7, 11) is -4.70. The van der Waals surface area contributed by atoms with Crippen LogP contribution in [0.2, 0.25) is 0 Å². The van der Waals surface area contributed by atoms with E-state index in [2.05, 4.69) is 4.98 Å². The Morgan fingerprint density at radius 1 is 1.22 bits per heavy atom. The minimum absolute atomic E-state index is 0.00537. The van der Waals surface area contributed by atoms with Crippen molar-refractivity contribution in [2.75, 3.05) is 23.7 Å². The Kier molecular flexibility index (Phi) is 5.05. The molecule has 2 heterocycles. The highest BCUT2D eigenvalue weighted by molar-refractivity contribution is 7.91. The first kappa shape index (κ1) is 19.1. The lowest BCUT2D eigenvalue weighted by Gasteiger charge is -2.35. The highest BCUT2D eigenvalue weighted by Gasteiger charge is 2.32. The van der Waals surface area contributed by atoms with E-state index >= 15 is 0 Å². The zero-order chi connectivity index (χ0) is 19.8. The molecule has 0 spiro atoms. The number of para-hydroxylation sites is 1. The largest absolute Gasteiger partial charge is 0.383 e. The fourth-order valence-electron chi connectivity index (χ4n) is 3.29. The molecule has 0 aliphatic carbocycles. The number of aromatic nitrogens is 2. The fraction of sp³-hybridized carbons (Fsp3) is 0.375. The zero-order valence-corrected chi connectivity index (χ0v) is 15.1. The minimum Gasteiger partial charge on any atom is -0.383 e. The normalized spacial score (nSPS) is 16.0. The van der Waals surface area contributed by atoms with E-state index in [0.29, 0.717) is 25.9 Å². The number of carbonyl (C=O) groups excluding carboxylic acids is 1. The Balaban J connectivity index is 1.81. The van der Waals surface area contributed by atoms with Gasteiger partial charge in [-0.1, -0.05) is 12.1 Å². The number of hydrogen-bond acceptors (Lipinski definition) is 6. The Morgan fingerprint density at radius 2 is 1.85 bits per heavy atom. The number of sulfone groups is 1. The van der Waals surface area contributed by atoms with Crippen LogP contribution in [-0.2, 0) is 9.84 Å². The van der Waals surface area contributed by atoms with E-state index in [1.807, 2.05) is 0 Å². The van der Waals surface area contributed by atoms with Crippen molar-refractivity contribution in [1.82, 2.24) is 9.55 Å². The molecule has 4 N–H and O–H groups in total. The molecule has 0 bridgehead atoms. The Morgan fingerprint density at radius 3 is 2.41 bits per heavy atom. The van der Waals surface area contributed by atoms with E-state index in [9.17, 15) is 22.0 Å². The van der Waals surface area contributed by atoms with Gasteiger partial charge in [0.1, 0.15) is 5.82 Å². The average molecular weight is 399 g/mol. The number of primary amides is 1. The first-order valence-electron chi connectivity index (χ1n) is 8.21. The number of rotatable bonds is 5. The van der Waals surface area contributed by atoms with Crippen molar-refractivity contribution in [3.63, 3.8) is 0 Å². The van der Waals surface area contributed by atoms with Gasteiger partial charge < -0.3 is 20.9 Å². The molecule has 1 saturated heterocycles. The number of amides is 1. The van der Waals surface area contributed by atoms with E-state index in [1.165, 1.54) is 24.5 Å². The number of halogens is 2. The molecular weight excluding hydrogens is 380 g/mol. The summed E-state index contributed by atoms with van der Waals surface area (Å²) in [6.45, 7) is 0.869. The van der Waals surface area contributed by atoms with Crippen molar-refractivity contribution >= 4 is 27.2 Å². The fourth-order valence-corrected chi connectivity index (χ4v) is 4.24. The van der Waals surface area contributed by atoms with Crippen LogP contribution in [0.15, 0.2) is 35.5 Å². The second-order valence-electron chi connectivity index (χ2n) is 6.24. The second kappa shape index (κ2) is 7.14. The molecule has 2 aromatic rings. The molecule has 0 atom stereocenters. The van der Waals surface area contributed by atoms with Crippen molar-refractivity contribution in [3.05, 3.63) is 36.3 Å². The second-order valence-corrected chi connectivity index (χ2v) is 8.13. The molecule has 1 aliphatic rings. The van der Waals surface area contributed by atoms with Crippen molar-refractivity contribution in [1.29, 1.82) is 0 Å². The van der Waals surface area contributed by atoms with Gasteiger partial charge in [-0.25, -0.2) is 13.4 Å². The molecule has 146 valence electrons. The number of anilines is 2. The topological polar surface area (TPSA) is 124 Å². The number of imidazole rings is 1. The molecule has 0 saturated carbocycles. The molecule has 1 fully saturated rings. The van der Waals surface area contributed by atoms with E-state index in [1.54, 1.807) is 15.5 Å². The standard InChI is InChI=1S/C16H19F2N5O3S/c17-16(18)27(25,26)12-4-2-1-3-11(12)22-7-5-10(6-8-22)23-9-21-13(14(23)19)15(20)24/h1-4,9-10,16H,5-8,19H2,(H2,20,24). The summed E-state index contributed by atoms with van der Waals surface area (Å²) < 4.78 is 51.5. The van der Waals surface area contributed by atoms with Crippen LogP contribution in [0.1, 0.15) is 29.4 Å². The van der Waals surface area contributed by atoms with Gasteiger partial charge in [-0.15, -0.1) is 0 Å². The number of nitrogen functional groups attached to an aromatic ring is 1. The Hall–Kier alpha value is -2.69. The number of alkyl halides is 2. The lowest BCUT2D eigenvalue weighted by molar-refractivity contribution is 0.0997. The molecule has 8 nitrogen and oxygen atoms in total. The van der Waals surface area contributed by atoms with E-state index < -0.39 is 21.5 Å². The third-order valence-electron chi connectivity index (χ3n) is 4.67. The van der Waals surface area contributed by atoms with Crippen LogP contribution >= 0.6 is 0 Å². The van der Waals surface area contributed by atoms with Gasteiger partial charge in [0.2, 0.25) is 9.84 Å². The zero-order valence-electron chi connectivity index (χ0n) is 14.3. The van der Waals surface area contributed by atoms with Crippen molar-refractivity contribution in [3.8, 4) is 0 Å². The quantitative estimate of drug-likeness (QED) is 0.783. The van der Waals surface area contributed by atoms with Gasteiger partial charge in [0.25, 0.3) is 5.91 Å². The smallest absolute Gasteiger partial charge is 0.341 e. The maximum absolute atomic E-state index is 13.0. The summed E-state index contributed by atoms with van der Waals surface area (Å²) in [5.74, 6) is -4.01. The molecule has 1 aromatic carbocycles. The molecule has 27 heavy (non-hydrogen) atoms. The van der Waals surface area contributed by atoms with Crippen LogP contribution in [-0.4, -0.2) is 42.7 Å². The monoisotopic (exact) mass is 399 g/mol. The van der Waals surface area contributed by atoms with Crippen LogP contribution in [0.4, 0.5) is 20.3 Å². The minimum atomic E-state index is -4.70. The number of piperidine rings is 1. The van der Waals surface area contributed by atoms with Crippen molar-refractivity contribution in [2.45, 2.75) is 29.5 Å². The molecular formula is C16H19F2N5O3S. The molecule has 0 unspecified atom stereocenters. The van der Waals surface area contributed by atoms with E-state index in [4.69, 9.17) is 11.5 Å². The SMILES string of the molecule is NC(=O)c1ncn(C2CCN(c3ccccc3S(=O)(=O)C(F)F)CC2)c1N. The highest BCUT2D eigenvalue weighted by Crippen LogP contribution is 2.33. The van der Waals surface area contributed by atoms with E-state index in [-0.39, 0.29) is 28.1 Å². The first-order chi connectivity index (χ1) is 12.7. The third kappa shape index (κ3) is 3.46. The van der Waals surface area contributed by atoms with Crippen molar-refractivity contribution in [2.24, 2.45) is 5.73 Å². The van der Waals surface area contributed by atoms with Gasteiger partial charge in [0, 0.05) is 19.1 Å².